The van der Waals surface area contributed by atoms with Gasteiger partial charge < -0.3 is 15.0 Å². The molecule has 2 N–H and O–H groups in total. The quantitative estimate of drug-likeness (QED) is 0.891. The number of anilines is 1. The smallest absolute Gasteiger partial charge is 0.417 e. The van der Waals surface area contributed by atoms with Crippen LogP contribution in [-0.4, -0.2) is 17.0 Å². The van der Waals surface area contributed by atoms with Gasteiger partial charge in [0.05, 0.1) is 5.56 Å². The van der Waals surface area contributed by atoms with Crippen molar-refractivity contribution in [3.8, 4) is 5.75 Å². The molecule has 3 rings (SSSR count). The number of halogens is 3. The average Bonchev–Trinajstić information content (AvgIpc) is 2.92. The second-order valence-electron chi connectivity index (χ2n) is 5.04. The molecular formula is C15H11F3N2O3. The number of rotatable bonds is 2. The first-order chi connectivity index (χ1) is 10.8. The molecule has 0 spiro atoms. The molecule has 0 aliphatic carbocycles. The van der Waals surface area contributed by atoms with E-state index in [1.165, 1.54) is 0 Å². The summed E-state index contributed by atoms with van der Waals surface area (Å²) in [5.41, 5.74) is -1.51. The van der Waals surface area contributed by atoms with Crippen molar-refractivity contribution < 1.29 is 22.7 Å². The van der Waals surface area contributed by atoms with Gasteiger partial charge in [-0.25, -0.2) is 0 Å². The highest BCUT2D eigenvalue weighted by Crippen LogP contribution is 2.30. The summed E-state index contributed by atoms with van der Waals surface area (Å²) in [5, 5.41) is 2.19. The van der Waals surface area contributed by atoms with Crippen LogP contribution in [0.2, 0.25) is 0 Å². The Kier molecular flexibility index (Phi) is 3.59. The van der Waals surface area contributed by atoms with Gasteiger partial charge >= 0.3 is 6.18 Å². The van der Waals surface area contributed by atoms with Crippen LogP contribution in [-0.2, 0) is 17.4 Å². The normalized spacial score (nSPS) is 16.6. The molecule has 120 valence electrons. The van der Waals surface area contributed by atoms with Crippen LogP contribution < -0.4 is 15.6 Å². The highest BCUT2D eigenvalue weighted by atomic mass is 19.4. The summed E-state index contributed by atoms with van der Waals surface area (Å²) in [5.74, 6) is -0.128. The minimum absolute atomic E-state index is 0.291. The monoisotopic (exact) mass is 324 g/mol. The number of fused-ring (bicyclic) bond motifs is 1. The van der Waals surface area contributed by atoms with Crippen molar-refractivity contribution in [2.24, 2.45) is 0 Å². The number of carbonyl (C=O) groups excluding carboxylic acids is 1. The Balaban J connectivity index is 1.78. The molecule has 0 saturated heterocycles. The first-order valence-electron chi connectivity index (χ1n) is 6.70. The van der Waals surface area contributed by atoms with Crippen LogP contribution in [0.25, 0.3) is 0 Å². The van der Waals surface area contributed by atoms with Crippen molar-refractivity contribution >= 4 is 11.6 Å². The molecule has 0 bridgehead atoms. The van der Waals surface area contributed by atoms with Crippen LogP contribution in [0.15, 0.2) is 41.3 Å². The Morgan fingerprint density at radius 3 is 2.74 bits per heavy atom. The lowest BCUT2D eigenvalue weighted by Crippen LogP contribution is -2.33. The zero-order valence-electron chi connectivity index (χ0n) is 11.6. The van der Waals surface area contributed by atoms with Gasteiger partial charge in [-0.3, -0.25) is 9.59 Å². The van der Waals surface area contributed by atoms with Crippen LogP contribution in [0.4, 0.5) is 18.9 Å². The number of pyridine rings is 1. The summed E-state index contributed by atoms with van der Waals surface area (Å²) in [6.45, 7) is 0. The summed E-state index contributed by atoms with van der Waals surface area (Å²) < 4.78 is 43.4. The maximum atomic E-state index is 12.7. The predicted octanol–water partition coefficient (Wildman–Crippen LogP) is 2.34. The Morgan fingerprint density at radius 2 is 2.04 bits per heavy atom. The first-order valence-corrected chi connectivity index (χ1v) is 6.70. The molecule has 2 heterocycles. The fraction of sp³-hybridized carbons (Fsp3) is 0.200. The standard InChI is InChI=1S/C15H11F3N2O3/c16-15(17,18)9-6-10(13(21)19-7-9)20-14(22)12-5-8-3-1-2-4-11(8)23-12/h1-4,6-7,12H,5H2,(H,19,21)(H,20,22)/t12-/m0/s1. The Labute approximate surface area is 128 Å². The van der Waals surface area contributed by atoms with Gasteiger partial charge in [0, 0.05) is 12.6 Å². The van der Waals surface area contributed by atoms with E-state index in [0.29, 0.717) is 24.4 Å². The Morgan fingerprint density at radius 1 is 1.30 bits per heavy atom. The third-order valence-corrected chi connectivity index (χ3v) is 3.43. The van der Waals surface area contributed by atoms with Crippen LogP contribution in [0.5, 0.6) is 5.75 Å². The van der Waals surface area contributed by atoms with Gasteiger partial charge in [0.2, 0.25) is 0 Å². The van der Waals surface area contributed by atoms with Gasteiger partial charge in [0.25, 0.3) is 11.5 Å². The number of alkyl halides is 3. The minimum atomic E-state index is -4.62. The lowest BCUT2D eigenvalue weighted by molar-refractivity contribution is -0.137. The first kappa shape index (κ1) is 15.1. The Hall–Kier alpha value is -2.77. The van der Waals surface area contributed by atoms with Crippen LogP contribution in [0.1, 0.15) is 11.1 Å². The van der Waals surface area contributed by atoms with E-state index in [1.54, 1.807) is 24.3 Å². The SMILES string of the molecule is O=C(Nc1cc(C(F)(F)F)c[nH]c1=O)[C@@H]1Cc2ccccc2O1. The van der Waals surface area contributed by atoms with E-state index in [-0.39, 0.29) is 0 Å². The Bertz CT molecular complexity index is 789. The predicted molar refractivity (Wildman–Crippen MR) is 75.3 cm³/mol. The number of benzene rings is 1. The lowest BCUT2D eigenvalue weighted by Gasteiger charge is -2.12. The summed E-state index contributed by atoms with van der Waals surface area (Å²) in [6, 6.07) is 7.62. The number of carbonyl (C=O) groups is 1. The van der Waals surface area contributed by atoms with Crippen molar-refractivity contribution in [2.45, 2.75) is 18.7 Å². The summed E-state index contributed by atoms with van der Waals surface area (Å²) in [6.07, 6.45) is -4.66. The van der Waals surface area contributed by atoms with E-state index in [0.717, 1.165) is 5.56 Å². The molecule has 0 fully saturated rings. The zero-order chi connectivity index (χ0) is 16.6. The van der Waals surface area contributed by atoms with E-state index in [4.69, 9.17) is 4.74 Å². The second kappa shape index (κ2) is 5.45. The largest absolute Gasteiger partial charge is 0.480 e. The van der Waals surface area contributed by atoms with E-state index in [9.17, 15) is 22.8 Å². The topological polar surface area (TPSA) is 71.2 Å². The van der Waals surface area contributed by atoms with E-state index in [2.05, 4.69) is 5.32 Å². The van der Waals surface area contributed by atoms with E-state index in [1.807, 2.05) is 4.98 Å². The number of nitrogens with one attached hydrogen (secondary N) is 2. The number of aromatic amines is 1. The number of amides is 1. The van der Waals surface area contributed by atoms with Crippen molar-refractivity contribution in [3.05, 3.63) is 58.0 Å². The maximum Gasteiger partial charge on any atom is 0.417 e. The third kappa shape index (κ3) is 3.05. The summed E-state index contributed by atoms with van der Waals surface area (Å²) in [7, 11) is 0. The molecule has 1 aliphatic heterocycles. The number of hydrogen-bond acceptors (Lipinski definition) is 3. The van der Waals surface area contributed by atoms with Gasteiger partial charge in [-0.2, -0.15) is 13.2 Å². The highest BCUT2D eigenvalue weighted by Gasteiger charge is 2.33. The van der Waals surface area contributed by atoms with Gasteiger partial charge in [-0.15, -0.1) is 0 Å². The number of para-hydroxylation sites is 1. The molecule has 1 amide bonds. The maximum absolute atomic E-state index is 12.7. The number of hydrogen-bond donors (Lipinski definition) is 2. The van der Waals surface area contributed by atoms with Crippen LogP contribution >= 0.6 is 0 Å². The van der Waals surface area contributed by atoms with E-state index < -0.39 is 35.0 Å². The van der Waals surface area contributed by atoms with Crippen molar-refractivity contribution in [2.75, 3.05) is 5.32 Å². The molecule has 0 unspecified atom stereocenters. The molecule has 1 atom stereocenters. The van der Waals surface area contributed by atoms with Gasteiger partial charge in [-0.1, -0.05) is 18.2 Å². The summed E-state index contributed by atoms with van der Waals surface area (Å²) >= 11 is 0. The van der Waals surface area contributed by atoms with Crippen molar-refractivity contribution in [1.82, 2.24) is 4.98 Å². The fourth-order valence-corrected chi connectivity index (χ4v) is 2.28. The van der Waals surface area contributed by atoms with Crippen LogP contribution in [0, 0.1) is 0 Å². The van der Waals surface area contributed by atoms with Crippen molar-refractivity contribution in [1.29, 1.82) is 0 Å². The lowest BCUT2D eigenvalue weighted by atomic mass is 10.1. The molecule has 1 aromatic carbocycles. The molecule has 0 saturated carbocycles. The summed E-state index contributed by atoms with van der Waals surface area (Å²) in [4.78, 5) is 25.7. The molecular weight excluding hydrogens is 313 g/mol. The molecule has 0 radical (unpaired) electrons. The number of H-pyrrole nitrogens is 1. The minimum Gasteiger partial charge on any atom is -0.480 e. The third-order valence-electron chi connectivity index (χ3n) is 3.43. The fourth-order valence-electron chi connectivity index (χ4n) is 2.28. The van der Waals surface area contributed by atoms with E-state index >= 15 is 0 Å². The second-order valence-corrected chi connectivity index (χ2v) is 5.04. The molecule has 8 heteroatoms. The zero-order valence-corrected chi connectivity index (χ0v) is 11.6. The molecule has 5 nitrogen and oxygen atoms in total. The van der Waals surface area contributed by atoms with Crippen molar-refractivity contribution in [3.63, 3.8) is 0 Å². The molecule has 1 aliphatic rings. The number of ether oxygens (including phenoxy) is 1. The van der Waals surface area contributed by atoms with Gasteiger partial charge in [0.1, 0.15) is 11.4 Å². The molecule has 23 heavy (non-hydrogen) atoms. The average molecular weight is 324 g/mol. The van der Waals surface area contributed by atoms with Crippen LogP contribution in [0.3, 0.4) is 0 Å². The van der Waals surface area contributed by atoms with Gasteiger partial charge in [-0.05, 0) is 17.7 Å². The molecule has 2 aromatic rings. The number of aromatic nitrogens is 1. The van der Waals surface area contributed by atoms with Gasteiger partial charge in [0.15, 0.2) is 6.10 Å². The molecule has 1 aromatic heterocycles. The highest BCUT2D eigenvalue weighted by molar-refractivity contribution is 5.95.